The number of halogens is 1. The monoisotopic (exact) mass is 481 g/mol. The fraction of sp³-hybridized carbons (Fsp3) is 0.417. The number of amides is 1. The van der Waals surface area contributed by atoms with E-state index in [1.54, 1.807) is 11.3 Å². The molecule has 0 saturated heterocycles. The van der Waals surface area contributed by atoms with Crippen LogP contribution in [0, 0.1) is 0 Å². The van der Waals surface area contributed by atoms with Crippen molar-refractivity contribution in [2.24, 2.45) is 5.10 Å². The summed E-state index contributed by atoms with van der Waals surface area (Å²) < 4.78 is 7.95. The number of hydrogen-bond acceptors (Lipinski definition) is 6. The fourth-order valence-electron chi connectivity index (χ4n) is 4.29. The number of nitrogens with zero attached hydrogens (tertiary/aromatic N) is 5. The van der Waals surface area contributed by atoms with Gasteiger partial charge in [-0.15, -0.1) is 10.2 Å². The van der Waals surface area contributed by atoms with Gasteiger partial charge in [0.05, 0.1) is 17.2 Å². The second-order valence-electron chi connectivity index (χ2n) is 8.95. The van der Waals surface area contributed by atoms with E-state index in [-0.39, 0.29) is 17.2 Å². The van der Waals surface area contributed by atoms with Gasteiger partial charge in [0.25, 0.3) is 5.91 Å². The Hall–Kier alpha value is -2.58. The number of thioether (sulfide) groups is 1. The number of furan rings is 1. The zero-order valence-electron chi connectivity index (χ0n) is 18.2. The molecule has 33 heavy (non-hydrogen) atoms. The Morgan fingerprint density at radius 1 is 1.15 bits per heavy atom. The molecule has 170 valence electrons. The number of carbonyl (C=O) groups is 1. The third-order valence-electron chi connectivity index (χ3n) is 6.36. The van der Waals surface area contributed by atoms with E-state index in [2.05, 4.69) is 14.8 Å². The summed E-state index contributed by atoms with van der Waals surface area (Å²) in [5.74, 6) is 2.29. The third-order valence-corrected chi connectivity index (χ3v) is 7.66. The smallest absolute Gasteiger partial charge is 0.256 e. The minimum atomic E-state index is -0.357. The summed E-state index contributed by atoms with van der Waals surface area (Å²) in [6, 6.07) is 11.5. The summed E-state index contributed by atoms with van der Waals surface area (Å²) in [4.78, 5) is 13.6. The SMILES string of the molecule is C[C@H](Sc1nnc(C2CC2)n1C1CC1)C(=O)N1N=C(c2ccc(Cl)cc2)C[C@H]1c1ccco1. The molecular weight excluding hydrogens is 458 g/mol. The first-order valence-corrected chi connectivity index (χ1v) is 12.7. The van der Waals surface area contributed by atoms with Gasteiger partial charge in [-0.2, -0.15) is 5.10 Å². The van der Waals surface area contributed by atoms with E-state index >= 15 is 0 Å². The molecule has 3 heterocycles. The van der Waals surface area contributed by atoms with Crippen molar-refractivity contribution in [2.75, 3.05) is 0 Å². The van der Waals surface area contributed by atoms with E-state index in [0.29, 0.717) is 23.4 Å². The number of rotatable bonds is 7. The summed E-state index contributed by atoms with van der Waals surface area (Å²) >= 11 is 7.53. The molecule has 3 aromatic rings. The fourth-order valence-corrected chi connectivity index (χ4v) is 5.39. The quantitative estimate of drug-likeness (QED) is 0.411. The average molecular weight is 482 g/mol. The molecule has 0 unspecified atom stereocenters. The van der Waals surface area contributed by atoms with E-state index < -0.39 is 0 Å². The summed E-state index contributed by atoms with van der Waals surface area (Å²) in [5.41, 5.74) is 1.80. The lowest BCUT2D eigenvalue weighted by molar-refractivity contribution is -0.132. The topological polar surface area (TPSA) is 76.5 Å². The highest BCUT2D eigenvalue weighted by molar-refractivity contribution is 8.00. The Kier molecular flexibility index (Phi) is 5.30. The van der Waals surface area contributed by atoms with Crippen molar-refractivity contribution in [3.63, 3.8) is 0 Å². The number of benzene rings is 1. The van der Waals surface area contributed by atoms with Gasteiger partial charge in [-0.25, -0.2) is 5.01 Å². The number of carbonyl (C=O) groups excluding carboxylic acids is 1. The van der Waals surface area contributed by atoms with Crippen LogP contribution in [0.3, 0.4) is 0 Å². The summed E-state index contributed by atoms with van der Waals surface area (Å²) in [5, 5.41) is 16.4. The Morgan fingerprint density at radius 2 is 1.94 bits per heavy atom. The number of hydrogen-bond donors (Lipinski definition) is 0. The van der Waals surface area contributed by atoms with Crippen LogP contribution in [0.2, 0.25) is 5.02 Å². The maximum atomic E-state index is 13.6. The molecule has 0 spiro atoms. The van der Waals surface area contributed by atoms with Crippen LogP contribution >= 0.6 is 23.4 Å². The van der Waals surface area contributed by atoms with Crippen molar-refractivity contribution in [1.29, 1.82) is 0 Å². The van der Waals surface area contributed by atoms with E-state index in [0.717, 1.165) is 40.9 Å². The van der Waals surface area contributed by atoms with Gasteiger partial charge in [0.1, 0.15) is 17.6 Å². The summed E-state index contributed by atoms with van der Waals surface area (Å²) in [6.45, 7) is 1.92. The first-order chi connectivity index (χ1) is 16.1. The average Bonchev–Trinajstić information content (AvgIpc) is 3.69. The highest BCUT2D eigenvalue weighted by Crippen LogP contribution is 2.46. The van der Waals surface area contributed by atoms with Crippen LogP contribution in [0.1, 0.15) is 74.2 Å². The standard InChI is InChI=1S/C24H24ClN5O2S/c1-14(33-24-27-26-22(16-4-5-16)29(24)18-10-11-18)23(31)30-20(21-3-2-12-32-21)13-19(28-30)15-6-8-17(25)9-7-15/h2-3,6-9,12,14,16,18,20H,4-5,10-11,13H2,1H3/t14-,20-/m0/s1. The van der Waals surface area contributed by atoms with Gasteiger partial charge in [0.15, 0.2) is 5.16 Å². The molecular formula is C24H24ClN5O2S. The zero-order chi connectivity index (χ0) is 22.5. The van der Waals surface area contributed by atoms with Crippen molar-refractivity contribution in [1.82, 2.24) is 19.8 Å². The molecule has 0 bridgehead atoms. The Balaban J connectivity index is 1.26. The van der Waals surface area contributed by atoms with E-state index in [1.807, 2.05) is 43.3 Å². The van der Waals surface area contributed by atoms with Crippen LogP contribution in [0.5, 0.6) is 0 Å². The van der Waals surface area contributed by atoms with Crippen molar-refractivity contribution in [3.05, 3.63) is 64.8 Å². The van der Waals surface area contributed by atoms with Gasteiger partial charge in [-0.3, -0.25) is 4.79 Å². The predicted octanol–water partition coefficient (Wildman–Crippen LogP) is 5.60. The van der Waals surface area contributed by atoms with Crippen molar-refractivity contribution < 1.29 is 9.21 Å². The van der Waals surface area contributed by atoms with Gasteiger partial charge in [0, 0.05) is 23.4 Å². The van der Waals surface area contributed by atoms with Gasteiger partial charge < -0.3 is 8.98 Å². The number of aromatic nitrogens is 3. The molecule has 2 fully saturated rings. The highest BCUT2D eigenvalue weighted by Gasteiger charge is 2.40. The van der Waals surface area contributed by atoms with Crippen LogP contribution in [-0.4, -0.2) is 36.6 Å². The lowest BCUT2D eigenvalue weighted by Crippen LogP contribution is -2.33. The largest absolute Gasteiger partial charge is 0.467 e. The number of hydrazone groups is 1. The molecule has 0 N–H and O–H groups in total. The predicted molar refractivity (Wildman–Crippen MR) is 126 cm³/mol. The van der Waals surface area contributed by atoms with Crippen LogP contribution in [0.15, 0.2) is 57.3 Å². The zero-order valence-corrected chi connectivity index (χ0v) is 19.8. The van der Waals surface area contributed by atoms with Gasteiger partial charge in [0.2, 0.25) is 0 Å². The maximum absolute atomic E-state index is 13.6. The molecule has 9 heteroatoms. The molecule has 1 aliphatic heterocycles. The Morgan fingerprint density at radius 3 is 2.61 bits per heavy atom. The van der Waals surface area contributed by atoms with Crippen LogP contribution < -0.4 is 0 Å². The maximum Gasteiger partial charge on any atom is 0.256 e. The molecule has 1 amide bonds. The van der Waals surface area contributed by atoms with Crippen molar-refractivity contribution in [3.8, 4) is 0 Å². The second kappa shape index (κ2) is 8.33. The van der Waals surface area contributed by atoms with Crippen LogP contribution in [0.4, 0.5) is 0 Å². The van der Waals surface area contributed by atoms with Crippen molar-refractivity contribution >= 4 is 35.0 Å². The molecule has 2 saturated carbocycles. The van der Waals surface area contributed by atoms with Crippen LogP contribution in [0.25, 0.3) is 0 Å². The summed E-state index contributed by atoms with van der Waals surface area (Å²) in [7, 11) is 0. The molecule has 3 aliphatic rings. The van der Waals surface area contributed by atoms with Gasteiger partial charge in [-0.05, 0) is 62.4 Å². The summed E-state index contributed by atoms with van der Waals surface area (Å²) in [6.07, 6.45) is 6.91. The first-order valence-electron chi connectivity index (χ1n) is 11.4. The molecule has 2 aliphatic carbocycles. The van der Waals surface area contributed by atoms with Crippen molar-refractivity contribution in [2.45, 2.75) is 67.4 Å². The third kappa shape index (κ3) is 4.10. The minimum Gasteiger partial charge on any atom is -0.467 e. The van der Waals surface area contributed by atoms with Crippen LogP contribution in [-0.2, 0) is 4.79 Å². The Labute approximate surface area is 201 Å². The Bertz CT molecular complexity index is 1200. The first kappa shape index (κ1) is 21.0. The minimum absolute atomic E-state index is 0.0660. The molecule has 1 aromatic carbocycles. The van der Waals surface area contributed by atoms with E-state index in [9.17, 15) is 4.79 Å². The molecule has 0 radical (unpaired) electrons. The molecule has 6 rings (SSSR count). The molecule has 7 nitrogen and oxygen atoms in total. The highest BCUT2D eigenvalue weighted by atomic mass is 35.5. The lowest BCUT2D eigenvalue weighted by Gasteiger charge is -2.23. The lowest BCUT2D eigenvalue weighted by atomic mass is 10.0. The normalized spacial score (nSPS) is 21.3. The van der Waals surface area contributed by atoms with E-state index in [4.69, 9.17) is 21.1 Å². The second-order valence-corrected chi connectivity index (χ2v) is 10.7. The molecule has 2 atom stereocenters. The van der Waals surface area contributed by atoms with Gasteiger partial charge in [-0.1, -0.05) is 35.5 Å². The van der Waals surface area contributed by atoms with E-state index in [1.165, 1.54) is 24.6 Å². The molecule has 2 aromatic heterocycles. The van der Waals surface area contributed by atoms with Gasteiger partial charge >= 0.3 is 0 Å².